The molecule has 76 valence electrons. The lowest BCUT2D eigenvalue weighted by Crippen LogP contribution is -2.40. The smallest absolute Gasteiger partial charge is 0.147 e. The number of halogens is 3. The van der Waals surface area contributed by atoms with Gasteiger partial charge in [-0.2, -0.15) is 0 Å². The average molecular weight is 264 g/mol. The van der Waals surface area contributed by atoms with E-state index in [4.69, 9.17) is 4.74 Å². The first kappa shape index (κ1) is 9.86. The highest BCUT2D eigenvalue weighted by atomic mass is 79.9. The summed E-state index contributed by atoms with van der Waals surface area (Å²) in [6.07, 6.45) is 0. The van der Waals surface area contributed by atoms with E-state index in [1.807, 2.05) is 0 Å². The Bertz CT molecular complexity index is 355. The van der Waals surface area contributed by atoms with Crippen molar-refractivity contribution in [1.29, 1.82) is 0 Å². The first-order chi connectivity index (χ1) is 6.66. The second-order valence-electron chi connectivity index (χ2n) is 3.12. The SMILES string of the molecule is Fc1cc(NC2COC2)c(F)cc1Br. The normalized spacial score (nSPS) is 16.5. The van der Waals surface area contributed by atoms with Crippen LogP contribution in [0, 0.1) is 11.6 Å². The molecule has 0 amide bonds. The molecule has 0 saturated carbocycles. The zero-order valence-electron chi connectivity index (χ0n) is 7.19. The molecule has 2 nitrogen and oxygen atoms in total. The molecule has 0 atom stereocenters. The maximum atomic E-state index is 13.3. The van der Waals surface area contributed by atoms with E-state index in [1.54, 1.807) is 0 Å². The molecule has 1 aromatic carbocycles. The zero-order chi connectivity index (χ0) is 10.1. The minimum atomic E-state index is -0.478. The van der Waals surface area contributed by atoms with Crippen molar-refractivity contribution in [2.24, 2.45) is 0 Å². The molecule has 1 N–H and O–H groups in total. The monoisotopic (exact) mass is 263 g/mol. The molecule has 0 aliphatic carbocycles. The van der Waals surface area contributed by atoms with Crippen molar-refractivity contribution in [3.05, 3.63) is 28.2 Å². The van der Waals surface area contributed by atoms with Crippen molar-refractivity contribution in [1.82, 2.24) is 0 Å². The first-order valence-electron chi connectivity index (χ1n) is 4.15. The Labute approximate surface area is 88.4 Å². The Morgan fingerprint density at radius 2 is 2.00 bits per heavy atom. The largest absolute Gasteiger partial charge is 0.377 e. The van der Waals surface area contributed by atoms with Crippen molar-refractivity contribution < 1.29 is 13.5 Å². The third-order valence-corrected chi connectivity index (χ3v) is 2.62. The van der Waals surface area contributed by atoms with E-state index < -0.39 is 11.6 Å². The number of rotatable bonds is 2. The Hall–Kier alpha value is -0.680. The predicted octanol–water partition coefficient (Wildman–Crippen LogP) is 2.54. The second-order valence-corrected chi connectivity index (χ2v) is 3.98. The number of ether oxygens (including phenoxy) is 1. The van der Waals surface area contributed by atoms with Crippen molar-refractivity contribution in [2.45, 2.75) is 6.04 Å². The van der Waals surface area contributed by atoms with Crippen molar-refractivity contribution in [3.63, 3.8) is 0 Å². The lowest BCUT2D eigenvalue weighted by molar-refractivity contribution is 0.0210. The summed E-state index contributed by atoms with van der Waals surface area (Å²) in [5.74, 6) is -0.945. The van der Waals surface area contributed by atoms with E-state index in [0.29, 0.717) is 13.2 Å². The van der Waals surface area contributed by atoms with E-state index in [2.05, 4.69) is 21.2 Å². The summed E-state index contributed by atoms with van der Waals surface area (Å²) >= 11 is 2.91. The molecule has 0 bridgehead atoms. The van der Waals surface area contributed by atoms with Gasteiger partial charge in [-0.15, -0.1) is 0 Å². The van der Waals surface area contributed by atoms with Gasteiger partial charge in [-0.1, -0.05) is 0 Å². The highest BCUT2D eigenvalue weighted by molar-refractivity contribution is 9.10. The maximum absolute atomic E-state index is 13.3. The Morgan fingerprint density at radius 1 is 1.29 bits per heavy atom. The molecular formula is C9H8BrF2NO. The standard InChI is InChI=1S/C9H8BrF2NO/c10-6-1-8(12)9(2-7(6)11)13-5-3-14-4-5/h1-2,5,13H,3-4H2. The molecule has 0 aromatic heterocycles. The number of benzene rings is 1. The molecule has 0 spiro atoms. The summed E-state index contributed by atoms with van der Waals surface area (Å²) in [6.45, 7) is 1.08. The van der Waals surface area contributed by atoms with Crippen LogP contribution in [0.2, 0.25) is 0 Å². The number of hydrogen-bond donors (Lipinski definition) is 1. The molecule has 1 aromatic rings. The fourth-order valence-electron chi connectivity index (χ4n) is 1.17. The summed E-state index contributed by atoms with van der Waals surface area (Å²) < 4.78 is 31.3. The highest BCUT2D eigenvalue weighted by Gasteiger charge is 2.19. The van der Waals surface area contributed by atoms with Crippen LogP contribution in [-0.4, -0.2) is 19.3 Å². The maximum Gasteiger partial charge on any atom is 0.147 e. The Morgan fingerprint density at radius 3 is 2.57 bits per heavy atom. The fraction of sp³-hybridized carbons (Fsp3) is 0.333. The van der Waals surface area contributed by atoms with Crippen LogP contribution in [0.5, 0.6) is 0 Å². The van der Waals surface area contributed by atoms with E-state index in [-0.39, 0.29) is 16.2 Å². The molecule has 5 heteroatoms. The van der Waals surface area contributed by atoms with Crippen molar-refractivity contribution >= 4 is 21.6 Å². The predicted molar refractivity (Wildman–Crippen MR) is 52.3 cm³/mol. The molecule has 2 rings (SSSR count). The molecule has 1 aliphatic heterocycles. The molecule has 0 unspecified atom stereocenters. The first-order valence-corrected chi connectivity index (χ1v) is 4.95. The average Bonchev–Trinajstić information content (AvgIpc) is 2.06. The zero-order valence-corrected chi connectivity index (χ0v) is 8.77. The van der Waals surface area contributed by atoms with Gasteiger partial charge in [0.25, 0.3) is 0 Å². The van der Waals surface area contributed by atoms with Crippen LogP contribution in [0.1, 0.15) is 0 Å². The molecule has 1 saturated heterocycles. The third kappa shape index (κ3) is 1.88. The Balaban J connectivity index is 2.19. The van der Waals surface area contributed by atoms with Crippen molar-refractivity contribution in [3.8, 4) is 0 Å². The van der Waals surface area contributed by atoms with Crippen LogP contribution in [0.15, 0.2) is 16.6 Å². The number of nitrogens with one attached hydrogen (secondary N) is 1. The van der Waals surface area contributed by atoms with Gasteiger partial charge < -0.3 is 10.1 Å². The molecule has 14 heavy (non-hydrogen) atoms. The molecule has 1 heterocycles. The molecule has 1 fully saturated rings. The lowest BCUT2D eigenvalue weighted by Gasteiger charge is -2.28. The topological polar surface area (TPSA) is 21.3 Å². The van der Waals surface area contributed by atoms with Gasteiger partial charge in [0.1, 0.15) is 11.6 Å². The Kier molecular flexibility index (Phi) is 2.69. The van der Waals surface area contributed by atoms with Crippen LogP contribution in [0.4, 0.5) is 14.5 Å². The second kappa shape index (κ2) is 3.82. The van der Waals surface area contributed by atoms with Gasteiger partial charge in [0, 0.05) is 6.07 Å². The minimum absolute atomic E-state index is 0.0880. The lowest BCUT2D eigenvalue weighted by atomic mass is 10.2. The van der Waals surface area contributed by atoms with Gasteiger partial charge in [-0.3, -0.25) is 0 Å². The van der Waals surface area contributed by atoms with E-state index >= 15 is 0 Å². The third-order valence-electron chi connectivity index (χ3n) is 2.01. The van der Waals surface area contributed by atoms with E-state index in [9.17, 15) is 8.78 Å². The van der Waals surface area contributed by atoms with Gasteiger partial charge in [0.15, 0.2) is 0 Å². The van der Waals surface area contributed by atoms with Gasteiger partial charge in [0.05, 0.1) is 29.4 Å². The summed E-state index contributed by atoms with van der Waals surface area (Å²) in [6, 6.07) is 2.33. The minimum Gasteiger partial charge on any atom is -0.377 e. The van der Waals surface area contributed by atoms with Crippen LogP contribution < -0.4 is 5.32 Å². The number of hydrogen-bond acceptors (Lipinski definition) is 2. The summed E-state index contributed by atoms with van der Waals surface area (Å²) in [5.41, 5.74) is 0.180. The van der Waals surface area contributed by atoms with Crippen LogP contribution in [0.25, 0.3) is 0 Å². The van der Waals surface area contributed by atoms with Gasteiger partial charge in [-0.25, -0.2) is 8.78 Å². The van der Waals surface area contributed by atoms with Gasteiger partial charge in [-0.05, 0) is 22.0 Å². The summed E-state index contributed by atoms with van der Waals surface area (Å²) in [5, 5.41) is 2.85. The van der Waals surface area contributed by atoms with Crippen molar-refractivity contribution in [2.75, 3.05) is 18.5 Å². The van der Waals surface area contributed by atoms with Crippen LogP contribution in [0.3, 0.4) is 0 Å². The van der Waals surface area contributed by atoms with Crippen LogP contribution in [-0.2, 0) is 4.74 Å². The van der Waals surface area contributed by atoms with E-state index in [1.165, 1.54) is 0 Å². The van der Waals surface area contributed by atoms with Crippen LogP contribution >= 0.6 is 15.9 Å². The summed E-state index contributed by atoms with van der Waals surface area (Å²) in [4.78, 5) is 0. The quantitative estimate of drug-likeness (QED) is 0.829. The molecule has 1 aliphatic rings. The van der Waals surface area contributed by atoms with Gasteiger partial charge in [0.2, 0.25) is 0 Å². The van der Waals surface area contributed by atoms with E-state index in [0.717, 1.165) is 12.1 Å². The van der Waals surface area contributed by atoms with Gasteiger partial charge >= 0.3 is 0 Å². The highest BCUT2D eigenvalue weighted by Crippen LogP contribution is 2.24. The fourth-order valence-corrected chi connectivity index (χ4v) is 1.49. The molecule has 0 radical (unpaired) electrons. The summed E-state index contributed by atoms with van der Waals surface area (Å²) in [7, 11) is 0. The number of anilines is 1. The molecular weight excluding hydrogens is 256 g/mol.